The molecule has 4 nitrogen and oxygen atoms in total. The van der Waals surface area contributed by atoms with Crippen LogP contribution in [0.1, 0.15) is 107 Å². The number of benzene rings is 2. The van der Waals surface area contributed by atoms with Crippen molar-refractivity contribution in [3.63, 3.8) is 0 Å². The molecule has 0 aliphatic carbocycles. The molecule has 0 unspecified atom stereocenters. The fourth-order valence-corrected chi connectivity index (χ4v) is 4.23. The van der Waals surface area contributed by atoms with Crippen LogP contribution < -0.4 is 5.32 Å². The van der Waals surface area contributed by atoms with Crippen LogP contribution in [-0.2, 0) is 9.53 Å². The Kier molecular flexibility index (Phi) is 15.3. The topological polar surface area (TPSA) is 55.4 Å². The Labute approximate surface area is 212 Å². The van der Waals surface area contributed by atoms with Crippen LogP contribution in [0.15, 0.2) is 54.6 Å². The molecule has 0 bridgehead atoms. The van der Waals surface area contributed by atoms with Gasteiger partial charge >= 0.3 is 5.97 Å². The van der Waals surface area contributed by atoms with Gasteiger partial charge in [-0.3, -0.25) is 9.59 Å². The summed E-state index contributed by atoms with van der Waals surface area (Å²) in [4.78, 5) is 24.2. The molecule has 0 aromatic heterocycles. The Balaban J connectivity index is 1.42. The van der Waals surface area contributed by atoms with E-state index in [0.29, 0.717) is 12.2 Å². The molecule has 0 fully saturated rings. The second kappa shape index (κ2) is 18.7. The molecular formula is C31H45NO3. The highest BCUT2D eigenvalue weighted by Crippen LogP contribution is 2.19. The molecule has 0 radical (unpaired) electrons. The molecule has 1 N–H and O–H groups in total. The number of nitrogens with one attached hydrogen (secondary N) is 1. The van der Waals surface area contributed by atoms with Crippen molar-refractivity contribution in [2.45, 2.75) is 96.8 Å². The summed E-state index contributed by atoms with van der Waals surface area (Å²) in [7, 11) is 0. The van der Waals surface area contributed by atoms with Crippen LogP contribution >= 0.6 is 0 Å². The molecule has 2 rings (SSSR count). The third-order valence-corrected chi connectivity index (χ3v) is 6.41. The van der Waals surface area contributed by atoms with Crippen molar-refractivity contribution in [2.24, 2.45) is 0 Å². The summed E-state index contributed by atoms with van der Waals surface area (Å²) in [6.45, 7) is 2.60. The van der Waals surface area contributed by atoms with Gasteiger partial charge in [0.1, 0.15) is 6.54 Å². The monoisotopic (exact) mass is 479 g/mol. The summed E-state index contributed by atoms with van der Waals surface area (Å²) < 4.78 is 5.26. The van der Waals surface area contributed by atoms with E-state index in [1.807, 2.05) is 42.5 Å². The largest absolute Gasteiger partial charge is 0.464 e. The molecule has 2 aromatic carbocycles. The van der Waals surface area contributed by atoms with Gasteiger partial charge in [-0.15, -0.1) is 0 Å². The van der Waals surface area contributed by atoms with E-state index >= 15 is 0 Å². The van der Waals surface area contributed by atoms with Crippen molar-refractivity contribution in [2.75, 3.05) is 13.2 Å². The first kappa shape index (κ1) is 28.6. The van der Waals surface area contributed by atoms with E-state index in [1.54, 1.807) is 12.1 Å². The van der Waals surface area contributed by atoms with Crippen LogP contribution in [0.4, 0.5) is 0 Å². The first-order chi connectivity index (χ1) is 17.2. The van der Waals surface area contributed by atoms with Gasteiger partial charge in [0.2, 0.25) is 0 Å². The molecule has 0 atom stereocenters. The van der Waals surface area contributed by atoms with Gasteiger partial charge in [-0.2, -0.15) is 0 Å². The Bertz CT molecular complexity index is 817. The van der Waals surface area contributed by atoms with Crippen molar-refractivity contribution in [3.05, 3.63) is 60.2 Å². The zero-order chi connectivity index (χ0) is 25.0. The molecule has 2 aromatic rings. The zero-order valence-corrected chi connectivity index (χ0v) is 21.7. The van der Waals surface area contributed by atoms with E-state index in [4.69, 9.17) is 4.74 Å². The van der Waals surface area contributed by atoms with Crippen LogP contribution in [0.3, 0.4) is 0 Å². The number of amides is 1. The van der Waals surface area contributed by atoms with Crippen LogP contribution in [-0.4, -0.2) is 25.0 Å². The Morgan fingerprint density at radius 2 is 1.11 bits per heavy atom. The highest BCUT2D eigenvalue weighted by Gasteiger charge is 2.09. The van der Waals surface area contributed by atoms with Gasteiger partial charge in [0.05, 0.1) is 6.61 Å². The lowest BCUT2D eigenvalue weighted by Gasteiger charge is -2.08. The predicted molar refractivity (Wildman–Crippen MR) is 145 cm³/mol. The number of rotatable bonds is 19. The maximum absolute atomic E-state index is 12.3. The number of carbonyl (C=O) groups is 2. The number of unbranched alkanes of at least 4 members (excludes halogenated alkanes) is 13. The Morgan fingerprint density at radius 3 is 1.66 bits per heavy atom. The molecule has 0 saturated heterocycles. The SMILES string of the molecule is CCCCCCCCCCCCCCCCOC(=O)CNC(=O)c1ccc(-c2ccccc2)cc1. The second-order valence-corrected chi connectivity index (χ2v) is 9.44. The minimum Gasteiger partial charge on any atom is -0.464 e. The fourth-order valence-electron chi connectivity index (χ4n) is 4.23. The van der Waals surface area contributed by atoms with Gasteiger partial charge in [0.25, 0.3) is 5.91 Å². The van der Waals surface area contributed by atoms with Crippen molar-refractivity contribution < 1.29 is 14.3 Å². The van der Waals surface area contributed by atoms with Gasteiger partial charge in [0, 0.05) is 5.56 Å². The molecule has 0 heterocycles. The summed E-state index contributed by atoms with van der Waals surface area (Å²) >= 11 is 0. The van der Waals surface area contributed by atoms with E-state index in [0.717, 1.165) is 24.0 Å². The smallest absolute Gasteiger partial charge is 0.325 e. The maximum atomic E-state index is 12.3. The Morgan fingerprint density at radius 1 is 0.629 bits per heavy atom. The molecule has 35 heavy (non-hydrogen) atoms. The lowest BCUT2D eigenvalue weighted by atomic mass is 10.0. The second-order valence-electron chi connectivity index (χ2n) is 9.44. The van der Waals surface area contributed by atoms with Crippen molar-refractivity contribution in [3.8, 4) is 11.1 Å². The molecule has 0 spiro atoms. The summed E-state index contributed by atoms with van der Waals surface area (Å²) in [5, 5.41) is 2.65. The van der Waals surface area contributed by atoms with Crippen LogP contribution in [0, 0.1) is 0 Å². The van der Waals surface area contributed by atoms with Crippen molar-refractivity contribution >= 4 is 11.9 Å². The van der Waals surface area contributed by atoms with Crippen LogP contribution in [0.2, 0.25) is 0 Å². The number of carbonyl (C=O) groups excluding carboxylic acids is 2. The molecule has 192 valence electrons. The zero-order valence-electron chi connectivity index (χ0n) is 21.7. The van der Waals surface area contributed by atoms with E-state index in [2.05, 4.69) is 12.2 Å². The lowest BCUT2D eigenvalue weighted by molar-refractivity contribution is -0.142. The average molecular weight is 480 g/mol. The van der Waals surface area contributed by atoms with Crippen LogP contribution in [0.5, 0.6) is 0 Å². The van der Waals surface area contributed by atoms with Gasteiger partial charge in [-0.25, -0.2) is 0 Å². The standard InChI is InChI=1S/C31H45NO3/c1-2-3-4-5-6-7-8-9-10-11-12-13-14-18-25-35-30(33)26-32-31(34)29-23-21-28(22-24-29)27-19-16-15-17-20-27/h15-17,19-24H,2-14,18,25-26H2,1H3,(H,32,34). The van der Waals surface area contributed by atoms with E-state index in [9.17, 15) is 9.59 Å². The summed E-state index contributed by atoms with van der Waals surface area (Å²) in [5.41, 5.74) is 2.69. The molecule has 0 aliphatic rings. The third kappa shape index (κ3) is 13.2. The Hall–Kier alpha value is -2.62. The third-order valence-electron chi connectivity index (χ3n) is 6.41. The van der Waals surface area contributed by atoms with Gasteiger partial charge in [0.15, 0.2) is 0 Å². The minimum absolute atomic E-state index is 0.0993. The highest BCUT2D eigenvalue weighted by molar-refractivity contribution is 5.96. The molecular weight excluding hydrogens is 434 g/mol. The molecule has 0 saturated carbocycles. The van der Waals surface area contributed by atoms with Crippen molar-refractivity contribution in [1.29, 1.82) is 0 Å². The average Bonchev–Trinajstić information content (AvgIpc) is 2.90. The van der Waals surface area contributed by atoms with Crippen molar-refractivity contribution in [1.82, 2.24) is 5.32 Å². The summed E-state index contributed by atoms with van der Waals surface area (Å²) in [6, 6.07) is 17.4. The summed E-state index contributed by atoms with van der Waals surface area (Å²) in [6.07, 6.45) is 18.2. The predicted octanol–water partition coefficient (Wildman–Crippen LogP) is 8.11. The van der Waals surface area contributed by atoms with E-state index < -0.39 is 0 Å². The van der Waals surface area contributed by atoms with E-state index in [1.165, 1.54) is 77.0 Å². The normalized spacial score (nSPS) is 10.8. The van der Waals surface area contributed by atoms with Gasteiger partial charge < -0.3 is 10.1 Å². The quantitative estimate of drug-likeness (QED) is 0.163. The first-order valence-corrected chi connectivity index (χ1v) is 13.8. The number of hydrogen-bond acceptors (Lipinski definition) is 3. The molecule has 0 aliphatic heterocycles. The minimum atomic E-state index is -0.381. The number of hydrogen-bond donors (Lipinski definition) is 1. The maximum Gasteiger partial charge on any atom is 0.325 e. The lowest BCUT2D eigenvalue weighted by Crippen LogP contribution is -2.30. The van der Waals surface area contributed by atoms with E-state index in [-0.39, 0.29) is 18.4 Å². The number of ether oxygens (including phenoxy) is 1. The molecule has 1 amide bonds. The molecule has 4 heteroatoms. The number of esters is 1. The van der Waals surface area contributed by atoms with Crippen LogP contribution in [0.25, 0.3) is 11.1 Å². The van der Waals surface area contributed by atoms with Gasteiger partial charge in [-0.1, -0.05) is 133 Å². The van der Waals surface area contributed by atoms with Gasteiger partial charge in [-0.05, 0) is 29.7 Å². The highest BCUT2D eigenvalue weighted by atomic mass is 16.5. The summed E-state index contributed by atoms with van der Waals surface area (Å²) in [5.74, 6) is -0.646. The fraction of sp³-hybridized carbons (Fsp3) is 0.548. The first-order valence-electron chi connectivity index (χ1n) is 13.8.